The number of aliphatic imine (C=N–C) groups is 1. The number of aryl methyl sites for hydroxylation is 1. The zero-order valence-electron chi connectivity index (χ0n) is 14.8. The van der Waals surface area contributed by atoms with Crippen LogP contribution >= 0.6 is 24.0 Å². The molecule has 2 rings (SSSR count). The molecule has 0 spiro atoms. The predicted molar refractivity (Wildman–Crippen MR) is 108 cm³/mol. The molecule has 0 radical (unpaired) electrons. The second-order valence-corrected chi connectivity index (χ2v) is 6.02. The average molecular weight is 450 g/mol. The molecule has 2 heterocycles. The van der Waals surface area contributed by atoms with Gasteiger partial charge >= 0.3 is 0 Å². The first-order valence-corrected chi connectivity index (χ1v) is 8.49. The molecule has 138 valence electrons. The number of guanidine groups is 1. The molecule has 2 N–H and O–H groups in total. The lowest BCUT2D eigenvalue weighted by molar-refractivity contribution is 0.0203. The standard InChI is InChI=1S/C17H30N4O2.HI/c1-18-17(20-12-16-4-8-21(2)13-16)19-7-3-9-23-14-15-5-10-22-11-6-15;/h4,8,13,15H,3,5-7,9-12,14H2,1-2H3,(H2,18,19,20);1H. The van der Waals surface area contributed by atoms with Crippen molar-refractivity contribution >= 4 is 29.9 Å². The first-order valence-electron chi connectivity index (χ1n) is 8.49. The summed E-state index contributed by atoms with van der Waals surface area (Å²) in [6.07, 6.45) is 7.39. The van der Waals surface area contributed by atoms with Gasteiger partial charge in [-0.15, -0.1) is 24.0 Å². The van der Waals surface area contributed by atoms with Gasteiger partial charge in [0.25, 0.3) is 0 Å². The highest BCUT2D eigenvalue weighted by Crippen LogP contribution is 2.14. The van der Waals surface area contributed by atoms with E-state index in [4.69, 9.17) is 9.47 Å². The van der Waals surface area contributed by atoms with Crippen molar-refractivity contribution in [3.63, 3.8) is 0 Å². The summed E-state index contributed by atoms with van der Waals surface area (Å²) < 4.78 is 13.2. The van der Waals surface area contributed by atoms with Gasteiger partial charge < -0.3 is 24.7 Å². The van der Waals surface area contributed by atoms with Gasteiger partial charge in [-0.05, 0) is 36.8 Å². The van der Waals surface area contributed by atoms with Gasteiger partial charge in [0.05, 0.1) is 0 Å². The fourth-order valence-electron chi connectivity index (χ4n) is 2.62. The highest BCUT2D eigenvalue weighted by Gasteiger charge is 2.13. The molecule has 0 amide bonds. The quantitative estimate of drug-likeness (QED) is 0.276. The highest BCUT2D eigenvalue weighted by atomic mass is 127. The van der Waals surface area contributed by atoms with Crippen LogP contribution in [0, 0.1) is 5.92 Å². The average Bonchev–Trinajstić information content (AvgIpc) is 3.00. The molecule has 6 nitrogen and oxygen atoms in total. The number of ether oxygens (including phenoxy) is 2. The van der Waals surface area contributed by atoms with Crippen LogP contribution < -0.4 is 10.6 Å². The van der Waals surface area contributed by atoms with Crippen LogP contribution in [0.15, 0.2) is 23.5 Å². The lowest BCUT2D eigenvalue weighted by atomic mass is 10.0. The van der Waals surface area contributed by atoms with E-state index < -0.39 is 0 Å². The maximum absolute atomic E-state index is 5.76. The van der Waals surface area contributed by atoms with E-state index in [0.717, 1.165) is 64.7 Å². The number of nitrogens with zero attached hydrogens (tertiary/aromatic N) is 2. The summed E-state index contributed by atoms with van der Waals surface area (Å²) in [5, 5.41) is 6.63. The molecule has 7 heteroatoms. The monoisotopic (exact) mass is 450 g/mol. The van der Waals surface area contributed by atoms with Crippen LogP contribution in [0.4, 0.5) is 0 Å². The molecule has 1 aliphatic rings. The summed E-state index contributed by atoms with van der Waals surface area (Å²) in [6, 6.07) is 2.10. The third-order valence-electron chi connectivity index (χ3n) is 4.03. The molecule has 1 saturated heterocycles. The number of nitrogens with one attached hydrogen (secondary N) is 2. The van der Waals surface area contributed by atoms with Crippen molar-refractivity contribution in [1.82, 2.24) is 15.2 Å². The normalized spacial score (nSPS) is 15.8. The number of aromatic nitrogens is 1. The van der Waals surface area contributed by atoms with Crippen LogP contribution in [0.2, 0.25) is 0 Å². The van der Waals surface area contributed by atoms with Gasteiger partial charge in [0, 0.05) is 66.0 Å². The highest BCUT2D eigenvalue weighted by molar-refractivity contribution is 14.0. The fraction of sp³-hybridized carbons (Fsp3) is 0.706. The fourth-order valence-corrected chi connectivity index (χ4v) is 2.62. The third-order valence-corrected chi connectivity index (χ3v) is 4.03. The first-order chi connectivity index (χ1) is 11.3. The Morgan fingerprint density at radius 1 is 1.38 bits per heavy atom. The lowest BCUT2D eigenvalue weighted by Gasteiger charge is -2.21. The van der Waals surface area contributed by atoms with Gasteiger partial charge in [-0.25, -0.2) is 0 Å². The molecule has 0 atom stereocenters. The van der Waals surface area contributed by atoms with Crippen LogP contribution in [0.5, 0.6) is 0 Å². The molecule has 1 aromatic rings. The summed E-state index contributed by atoms with van der Waals surface area (Å²) in [4.78, 5) is 4.23. The minimum atomic E-state index is 0. The molecule has 0 aromatic carbocycles. The molecular weight excluding hydrogens is 419 g/mol. The molecular formula is C17H31IN4O2. The Hall–Kier alpha value is -0.800. The number of rotatable bonds is 8. The zero-order valence-corrected chi connectivity index (χ0v) is 17.1. The van der Waals surface area contributed by atoms with E-state index >= 15 is 0 Å². The summed E-state index contributed by atoms with van der Waals surface area (Å²) in [5.74, 6) is 1.51. The van der Waals surface area contributed by atoms with E-state index in [9.17, 15) is 0 Å². The topological polar surface area (TPSA) is 59.8 Å². The number of halogens is 1. The minimum Gasteiger partial charge on any atom is -0.381 e. The van der Waals surface area contributed by atoms with E-state index in [1.807, 2.05) is 17.8 Å². The Labute approximate surface area is 162 Å². The van der Waals surface area contributed by atoms with E-state index in [1.165, 1.54) is 5.56 Å². The summed E-state index contributed by atoms with van der Waals surface area (Å²) in [6.45, 7) is 5.07. The van der Waals surface area contributed by atoms with Crippen LogP contribution in [0.1, 0.15) is 24.8 Å². The van der Waals surface area contributed by atoms with Gasteiger partial charge in [-0.1, -0.05) is 0 Å². The van der Waals surface area contributed by atoms with Crippen molar-refractivity contribution in [1.29, 1.82) is 0 Å². The van der Waals surface area contributed by atoms with E-state index in [1.54, 1.807) is 7.05 Å². The first kappa shape index (κ1) is 21.2. The van der Waals surface area contributed by atoms with E-state index in [0.29, 0.717) is 5.92 Å². The van der Waals surface area contributed by atoms with E-state index in [-0.39, 0.29) is 24.0 Å². The second kappa shape index (κ2) is 12.5. The van der Waals surface area contributed by atoms with Crippen LogP contribution in [-0.4, -0.2) is 50.5 Å². The Balaban J connectivity index is 0.00000288. The molecule has 1 aliphatic heterocycles. The Morgan fingerprint density at radius 3 is 2.83 bits per heavy atom. The van der Waals surface area contributed by atoms with Crippen molar-refractivity contribution < 1.29 is 9.47 Å². The number of hydrogen-bond donors (Lipinski definition) is 2. The zero-order chi connectivity index (χ0) is 16.3. The molecule has 0 unspecified atom stereocenters. The van der Waals surface area contributed by atoms with Gasteiger partial charge in [0.15, 0.2) is 5.96 Å². The summed E-state index contributed by atoms with van der Waals surface area (Å²) in [5.41, 5.74) is 1.25. The van der Waals surface area contributed by atoms with Crippen molar-refractivity contribution in [2.24, 2.45) is 18.0 Å². The van der Waals surface area contributed by atoms with Crippen LogP contribution in [0.25, 0.3) is 0 Å². The molecule has 1 aromatic heterocycles. The van der Waals surface area contributed by atoms with Gasteiger partial charge in [0.2, 0.25) is 0 Å². The number of hydrogen-bond acceptors (Lipinski definition) is 3. The van der Waals surface area contributed by atoms with Gasteiger partial charge in [0.1, 0.15) is 0 Å². The molecule has 24 heavy (non-hydrogen) atoms. The van der Waals surface area contributed by atoms with Gasteiger partial charge in [-0.2, -0.15) is 0 Å². The predicted octanol–water partition coefficient (Wildman–Crippen LogP) is 2.14. The Bertz CT molecular complexity index is 473. The maximum Gasteiger partial charge on any atom is 0.191 e. The van der Waals surface area contributed by atoms with Crippen molar-refractivity contribution in [2.45, 2.75) is 25.8 Å². The van der Waals surface area contributed by atoms with Crippen molar-refractivity contribution in [3.05, 3.63) is 24.0 Å². The summed E-state index contributed by atoms with van der Waals surface area (Å²) >= 11 is 0. The van der Waals surface area contributed by atoms with E-state index in [2.05, 4.69) is 27.9 Å². The Kier molecular flexibility index (Phi) is 11.1. The largest absolute Gasteiger partial charge is 0.381 e. The summed E-state index contributed by atoms with van der Waals surface area (Å²) in [7, 11) is 3.82. The Morgan fingerprint density at radius 2 is 2.17 bits per heavy atom. The van der Waals surface area contributed by atoms with Crippen LogP contribution in [0.3, 0.4) is 0 Å². The molecule has 0 bridgehead atoms. The minimum absolute atomic E-state index is 0. The second-order valence-electron chi connectivity index (χ2n) is 6.02. The van der Waals surface area contributed by atoms with Crippen molar-refractivity contribution in [2.75, 3.05) is 40.0 Å². The molecule has 0 aliphatic carbocycles. The van der Waals surface area contributed by atoms with Crippen molar-refractivity contribution in [3.8, 4) is 0 Å². The maximum atomic E-state index is 5.76. The molecule has 0 saturated carbocycles. The van der Waals surface area contributed by atoms with Crippen LogP contribution in [-0.2, 0) is 23.1 Å². The smallest absolute Gasteiger partial charge is 0.191 e. The SMILES string of the molecule is CN=C(NCCCOCC1CCOCC1)NCc1ccn(C)c1.I. The van der Waals surface area contributed by atoms with Gasteiger partial charge in [-0.3, -0.25) is 4.99 Å². The third kappa shape index (κ3) is 8.34. The lowest BCUT2D eigenvalue weighted by Crippen LogP contribution is -2.37. The molecule has 1 fully saturated rings.